The second kappa shape index (κ2) is 7.26. The summed E-state index contributed by atoms with van der Waals surface area (Å²) in [6.45, 7) is 5.79. The molecular formula is C17H24N4O2. The maximum Gasteiger partial charge on any atom is 0.290 e. The Kier molecular flexibility index (Phi) is 5.36. The van der Waals surface area contributed by atoms with Crippen LogP contribution in [0, 0.1) is 0 Å². The zero-order valence-corrected chi connectivity index (χ0v) is 14.1. The maximum absolute atomic E-state index is 12.6. The molecule has 2 amide bonds. The highest BCUT2D eigenvalue weighted by molar-refractivity contribution is 6.39. The predicted octanol–water partition coefficient (Wildman–Crippen LogP) is 1.97. The molecule has 0 spiro atoms. The van der Waals surface area contributed by atoms with Crippen LogP contribution in [0.25, 0.3) is 0 Å². The van der Waals surface area contributed by atoms with Crippen molar-refractivity contribution in [2.24, 2.45) is 4.99 Å². The molecule has 1 N–H and O–H groups in total. The number of anilines is 1. The van der Waals surface area contributed by atoms with E-state index in [2.05, 4.69) is 17.3 Å². The first kappa shape index (κ1) is 17.0. The van der Waals surface area contributed by atoms with Crippen LogP contribution in [-0.2, 0) is 9.59 Å². The van der Waals surface area contributed by atoms with E-state index in [4.69, 9.17) is 0 Å². The fourth-order valence-electron chi connectivity index (χ4n) is 2.48. The number of rotatable bonds is 5. The number of benzene rings is 1. The lowest BCUT2D eigenvalue weighted by molar-refractivity contribution is -0.125. The van der Waals surface area contributed by atoms with E-state index in [9.17, 15) is 9.59 Å². The number of hydrogen-bond acceptors (Lipinski definition) is 4. The third kappa shape index (κ3) is 3.70. The molecule has 23 heavy (non-hydrogen) atoms. The number of amidine groups is 1. The monoisotopic (exact) mass is 316 g/mol. The van der Waals surface area contributed by atoms with Gasteiger partial charge in [0.2, 0.25) is 5.84 Å². The summed E-state index contributed by atoms with van der Waals surface area (Å²) in [7, 11) is 1.76. The van der Waals surface area contributed by atoms with Gasteiger partial charge in [-0.25, -0.2) is 10.0 Å². The predicted molar refractivity (Wildman–Crippen MR) is 91.1 cm³/mol. The molecule has 1 aromatic rings. The summed E-state index contributed by atoms with van der Waals surface area (Å²) in [5.41, 5.74) is 3.56. The van der Waals surface area contributed by atoms with Gasteiger partial charge < -0.3 is 4.90 Å². The van der Waals surface area contributed by atoms with Gasteiger partial charge in [0.15, 0.2) is 0 Å². The van der Waals surface area contributed by atoms with Crippen LogP contribution in [0.1, 0.15) is 33.6 Å². The number of aliphatic imine (C=N–C) groups is 1. The molecule has 0 aromatic heterocycles. The summed E-state index contributed by atoms with van der Waals surface area (Å²) in [5.74, 6) is -0.186. The van der Waals surface area contributed by atoms with Crippen molar-refractivity contribution in [2.45, 2.75) is 45.7 Å². The van der Waals surface area contributed by atoms with Crippen LogP contribution in [0.15, 0.2) is 35.3 Å². The van der Waals surface area contributed by atoms with E-state index in [1.807, 2.05) is 37.3 Å². The number of likely N-dealkylation sites (N-methyl/N-ethyl adjacent to an activating group) is 1. The summed E-state index contributed by atoms with van der Waals surface area (Å²) in [5, 5.41) is 1.39. The smallest absolute Gasteiger partial charge is 0.290 e. The third-order valence-electron chi connectivity index (χ3n) is 4.02. The first-order chi connectivity index (χ1) is 11.0. The Labute approximate surface area is 137 Å². The Balaban J connectivity index is 2.21. The van der Waals surface area contributed by atoms with Crippen molar-refractivity contribution in [1.29, 1.82) is 0 Å². The highest BCUT2D eigenvalue weighted by Crippen LogP contribution is 2.16. The summed E-state index contributed by atoms with van der Waals surface area (Å²) in [6.07, 6.45) is 1.93. The van der Waals surface area contributed by atoms with Gasteiger partial charge in [-0.15, -0.1) is 0 Å². The van der Waals surface area contributed by atoms with Gasteiger partial charge in [-0.2, -0.15) is 0 Å². The van der Waals surface area contributed by atoms with Gasteiger partial charge >= 0.3 is 0 Å². The molecule has 0 unspecified atom stereocenters. The SMILES string of the molecule is CCC[C@@H](C)N(C)C(=O)C1=N[C@H](C)C(=O)N(c2ccccc2)N1. The van der Waals surface area contributed by atoms with Gasteiger partial charge in [0.1, 0.15) is 6.04 Å². The van der Waals surface area contributed by atoms with Crippen LogP contribution in [0.2, 0.25) is 0 Å². The van der Waals surface area contributed by atoms with Crippen molar-refractivity contribution >= 4 is 23.3 Å². The van der Waals surface area contributed by atoms with Crippen LogP contribution < -0.4 is 10.4 Å². The van der Waals surface area contributed by atoms with E-state index in [0.717, 1.165) is 12.8 Å². The van der Waals surface area contributed by atoms with E-state index in [1.165, 1.54) is 5.01 Å². The molecule has 0 bridgehead atoms. The van der Waals surface area contributed by atoms with Crippen molar-refractivity contribution in [1.82, 2.24) is 10.3 Å². The van der Waals surface area contributed by atoms with Crippen molar-refractivity contribution in [3.05, 3.63) is 30.3 Å². The Hall–Kier alpha value is -2.37. The number of hydrogen-bond donors (Lipinski definition) is 1. The first-order valence-corrected chi connectivity index (χ1v) is 7.96. The van der Waals surface area contributed by atoms with Crippen molar-refractivity contribution < 1.29 is 9.59 Å². The molecule has 1 aromatic carbocycles. The molecule has 0 saturated heterocycles. The minimum Gasteiger partial charge on any atom is -0.336 e. The number of para-hydroxylation sites is 1. The molecule has 6 nitrogen and oxygen atoms in total. The lowest BCUT2D eigenvalue weighted by Crippen LogP contribution is -2.58. The summed E-state index contributed by atoms with van der Waals surface area (Å²) in [4.78, 5) is 30.9. The highest BCUT2D eigenvalue weighted by Gasteiger charge is 2.32. The summed E-state index contributed by atoms with van der Waals surface area (Å²) >= 11 is 0. The summed E-state index contributed by atoms with van der Waals surface area (Å²) < 4.78 is 0. The zero-order chi connectivity index (χ0) is 17.0. The average molecular weight is 316 g/mol. The Morgan fingerprint density at radius 2 is 2.04 bits per heavy atom. The number of carbonyl (C=O) groups excluding carboxylic acids is 2. The molecule has 0 aliphatic carbocycles. The number of amides is 2. The van der Waals surface area contributed by atoms with E-state index in [1.54, 1.807) is 18.9 Å². The molecule has 2 atom stereocenters. The number of hydrazine groups is 1. The molecule has 0 radical (unpaired) electrons. The normalized spacial score (nSPS) is 19.0. The van der Waals surface area contributed by atoms with Gasteiger partial charge in [-0.05, 0) is 32.4 Å². The van der Waals surface area contributed by atoms with E-state index in [-0.39, 0.29) is 23.7 Å². The molecule has 6 heteroatoms. The number of nitrogens with one attached hydrogen (secondary N) is 1. The average Bonchev–Trinajstić information content (AvgIpc) is 2.56. The largest absolute Gasteiger partial charge is 0.336 e. The van der Waals surface area contributed by atoms with Gasteiger partial charge in [0.25, 0.3) is 11.8 Å². The van der Waals surface area contributed by atoms with Crippen LogP contribution in [0.4, 0.5) is 5.69 Å². The zero-order valence-electron chi connectivity index (χ0n) is 14.1. The number of carbonyl (C=O) groups is 2. The van der Waals surface area contributed by atoms with Crippen LogP contribution >= 0.6 is 0 Å². The van der Waals surface area contributed by atoms with Crippen LogP contribution in [-0.4, -0.2) is 41.7 Å². The number of nitrogens with zero attached hydrogens (tertiary/aromatic N) is 3. The Bertz CT molecular complexity index is 600. The fraction of sp³-hybridized carbons (Fsp3) is 0.471. The molecule has 1 aliphatic rings. The van der Waals surface area contributed by atoms with Gasteiger partial charge in [-0.3, -0.25) is 15.0 Å². The molecule has 1 heterocycles. The van der Waals surface area contributed by atoms with E-state index < -0.39 is 6.04 Å². The van der Waals surface area contributed by atoms with Crippen molar-refractivity contribution in [3.8, 4) is 0 Å². The standard InChI is InChI=1S/C17H24N4O2/c1-5-9-12(2)20(4)17(23)15-18-13(3)16(22)21(19-15)14-10-7-6-8-11-14/h6-8,10-13H,5,9H2,1-4H3,(H,18,19)/t12-,13-/m1/s1. The topological polar surface area (TPSA) is 65.0 Å². The van der Waals surface area contributed by atoms with Crippen molar-refractivity contribution in [3.63, 3.8) is 0 Å². The van der Waals surface area contributed by atoms with Gasteiger partial charge in [-0.1, -0.05) is 31.5 Å². The Morgan fingerprint density at radius 1 is 1.39 bits per heavy atom. The molecule has 124 valence electrons. The van der Waals surface area contributed by atoms with Crippen LogP contribution in [0.5, 0.6) is 0 Å². The molecule has 1 aliphatic heterocycles. The van der Waals surface area contributed by atoms with Gasteiger partial charge in [0, 0.05) is 13.1 Å². The van der Waals surface area contributed by atoms with E-state index in [0.29, 0.717) is 5.69 Å². The molecule has 0 fully saturated rings. The second-order valence-electron chi connectivity index (χ2n) is 5.83. The minimum atomic E-state index is -0.592. The lowest BCUT2D eigenvalue weighted by Gasteiger charge is -2.33. The highest BCUT2D eigenvalue weighted by atomic mass is 16.2. The van der Waals surface area contributed by atoms with E-state index >= 15 is 0 Å². The maximum atomic E-state index is 12.6. The fourth-order valence-corrected chi connectivity index (χ4v) is 2.48. The van der Waals surface area contributed by atoms with Crippen LogP contribution in [0.3, 0.4) is 0 Å². The molecule has 0 saturated carbocycles. The van der Waals surface area contributed by atoms with Crippen molar-refractivity contribution in [2.75, 3.05) is 12.1 Å². The molecular weight excluding hydrogens is 292 g/mol. The lowest BCUT2D eigenvalue weighted by atomic mass is 10.1. The minimum absolute atomic E-state index is 0.120. The molecule has 2 rings (SSSR count). The quantitative estimate of drug-likeness (QED) is 0.903. The summed E-state index contributed by atoms with van der Waals surface area (Å²) in [6, 6.07) is 8.72. The van der Waals surface area contributed by atoms with Gasteiger partial charge in [0.05, 0.1) is 5.69 Å². The second-order valence-corrected chi connectivity index (χ2v) is 5.83. The third-order valence-corrected chi connectivity index (χ3v) is 4.02. The Morgan fingerprint density at radius 3 is 2.65 bits per heavy atom. The first-order valence-electron chi connectivity index (χ1n) is 7.96.